The number of piperidine rings is 1. The van der Waals surface area contributed by atoms with Gasteiger partial charge in [-0.15, -0.1) is 0 Å². The van der Waals surface area contributed by atoms with E-state index >= 15 is 0 Å². The van der Waals surface area contributed by atoms with Gasteiger partial charge in [-0.05, 0) is 76.0 Å². The Labute approximate surface area is 201 Å². The Bertz CT molecular complexity index is 1190. The average Bonchev–Trinajstić information content (AvgIpc) is 3.45. The molecule has 1 saturated carbocycles. The summed E-state index contributed by atoms with van der Waals surface area (Å²) in [5.41, 5.74) is -0.570. The average molecular weight is 491 g/mol. The van der Waals surface area contributed by atoms with E-state index in [1.165, 1.54) is 19.1 Å². The van der Waals surface area contributed by atoms with Gasteiger partial charge in [0.05, 0.1) is 11.6 Å². The number of nitrogens with zero attached hydrogens (tertiary/aromatic N) is 6. The number of ether oxygens (including phenoxy) is 1. The molecule has 1 saturated heterocycles. The molecule has 3 heterocycles. The summed E-state index contributed by atoms with van der Waals surface area (Å²) in [6, 6.07) is 4.68. The second kappa shape index (κ2) is 8.83. The normalized spacial score (nSPS) is 22.3. The minimum absolute atomic E-state index is 0.0573. The van der Waals surface area contributed by atoms with E-state index < -0.39 is 11.7 Å². The van der Waals surface area contributed by atoms with Crippen LogP contribution in [0, 0.1) is 31.6 Å². The van der Waals surface area contributed by atoms with E-state index in [0.29, 0.717) is 41.8 Å². The van der Waals surface area contributed by atoms with Crippen LogP contribution < -0.4 is 9.64 Å². The van der Waals surface area contributed by atoms with Crippen molar-refractivity contribution in [1.29, 1.82) is 0 Å². The van der Waals surface area contributed by atoms with Gasteiger partial charge in [0.1, 0.15) is 5.75 Å². The van der Waals surface area contributed by atoms with Crippen molar-refractivity contribution in [3.63, 3.8) is 0 Å². The molecule has 5 rings (SSSR count). The van der Waals surface area contributed by atoms with Crippen LogP contribution in [0.15, 0.2) is 22.7 Å². The molecule has 0 spiro atoms. The zero-order valence-electron chi connectivity index (χ0n) is 20.2. The second-order valence-corrected chi connectivity index (χ2v) is 9.92. The van der Waals surface area contributed by atoms with Gasteiger partial charge < -0.3 is 14.2 Å². The molecule has 2 fully saturated rings. The maximum atomic E-state index is 13.4. The van der Waals surface area contributed by atoms with Crippen molar-refractivity contribution in [2.45, 2.75) is 59.2 Å². The van der Waals surface area contributed by atoms with Crippen molar-refractivity contribution in [2.75, 3.05) is 18.0 Å². The first-order valence-corrected chi connectivity index (χ1v) is 11.9. The monoisotopic (exact) mass is 490 g/mol. The lowest BCUT2D eigenvalue weighted by atomic mass is 9.82. The first-order valence-electron chi connectivity index (χ1n) is 11.9. The van der Waals surface area contributed by atoms with E-state index in [2.05, 4.69) is 25.1 Å². The summed E-state index contributed by atoms with van der Waals surface area (Å²) >= 11 is 0. The van der Waals surface area contributed by atoms with E-state index in [0.717, 1.165) is 32.0 Å². The largest absolute Gasteiger partial charge is 0.424 e. The smallest absolute Gasteiger partial charge is 0.416 e. The van der Waals surface area contributed by atoms with Gasteiger partial charge in [-0.25, -0.2) is 4.68 Å². The van der Waals surface area contributed by atoms with Crippen LogP contribution in [-0.2, 0) is 12.6 Å². The molecule has 2 bridgehead atoms. The number of rotatable bonds is 6. The summed E-state index contributed by atoms with van der Waals surface area (Å²) in [6.07, 6.45) is -1.51. The number of benzene rings is 1. The molecule has 1 aliphatic carbocycles. The molecule has 11 heteroatoms. The summed E-state index contributed by atoms with van der Waals surface area (Å²) in [5, 5.41) is 8.58. The molecule has 3 atom stereocenters. The Morgan fingerprint density at radius 3 is 2.43 bits per heavy atom. The summed E-state index contributed by atoms with van der Waals surface area (Å²) in [7, 11) is 0. The lowest BCUT2D eigenvalue weighted by Gasteiger charge is -2.36. The van der Waals surface area contributed by atoms with Crippen molar-refractivity contribution in [3.8, 4) is 11.8 Å². The Morgan fingerprint density at radius 1 is 1.11 bits per heavy atom. The highest BCUT2D eigenvalue weighted by atomic mass is 19.4. The van der Waals surface area contributed by atoms with E-state index in [1.54, 1.807) is 4.68 Å². The lowest BCUT2D eigenvalue weighted by Crippen LogP contribution is -2.43. The van der Waals surface area contributed by atoms with Gasteiger partial charge in [0.25, 0.3) is 0 Å². The van der Waals surface area contributed by atoms with Gasteiger partial charge in [0.15, 0.2) is 11.6 Å². The third-order valence-electron chi connectivity index (χ3n) is 7.09. The van der Waals surface area contributed by atoms with Gasteiger partial charge in [-0.2, -0.15) is 28.2 Å². The Hall–Kier alpha value is -3.11. The fourth-order valence-corrected chi connectivity index (χ4v) is 5.37. The first kappa shape index (κ1) is 23.6. The number of hydrogen-bond donors (Lipinski definition) is 0. The van der Waals surface area contributed by atoms with Crippen LogP contribution >= 0.6 is 0 Å². The Kier molecular flexibility index (Phi) is 5.96. The van der Waals surface area contributed by atoms with Crippen molar-refractivity contribution in [3.05, 3.63) is 41.0 Å². The maximum absolute atomic E-state index is 13.4. The number of hydrogen-bond acceptors (Lipinski definition) is 7. The van der Waals surface area contributed by atoms with Crippen molar-refractivity contribution in [1.82, 2.24) is 24.9 Å². The molecule has 8 nitrogen and oxygen atoms in total. The van der Waals surface area contributed by atoms with Gasteiger partial charge in [-0.1, -0.05) is 11.2 Å². The molecule has 0 amide bonds. The minimum atomic E-state index is -4.45. The predicted molar refractivity (Wildman–Crippen MR) is 121 cm³/mol. The highest BCUT2D eigenvalue weighted by Crippen LogP contribution is 2.44. The van der Waals surface area contributed by atoms with Crippen LogP contribution in [0.3, 0.4) is 0 Å². The lowest BCUT2D eigenvalue weighted by molar-refractivity contribution is -0.138. The molecular weight excluding hydrogens is 461 g/mol. The summed E-state index contributed by atoms with van der Waals surface area (Å²) in [5.74, 6) is 2.71. The fourth-order valence-electron chi connectivity index (χ4n) is 5.37. The van der Waals surface area contributed by atoms with E-state index in [1.807, 2.05) is 20.8 Å². The molecule has 1 unspecified atom stereocenters. The van der Waals surface area contributed by atoms with Crippen LogP contribution in [0.4, 0.5) is 19.2 Å². The maximum Gasteiger partial charge on any atom is 0.416 e. The fraction of sp³-hybridized carbons (Fsp3) is 0.583. The van der Waals surface area contributed by atoms with Crippen molar-refractivity contribution < 1.29 is 22.4 Å². The number of fused-ring (bicyclic) bond motifs is 2. The molecule has 3 aromatic rings. The number of halogens is 3. The van der Waals surface area contributed by atoms with Crippen molar-refractivity contribution in [2.24, 2.45) is 17.8 Å². The zero-order valence-corrected chi connectivity index (χ0v) is 20.2. The van der Waals surface area contributed by atoms with Crippen LogP contribution in [0.1, 0.15) is 55.5 Å². The number of aryl methyl sites for hydroxylation is 2. The zero-order chi connectivity index (χ0) is 24.9. The topological polar surface area (TPSA) is 82.1 Å². The van der Waals surface area contributed by atoms with E-state index in [9.17, 15) is 13.2 Å². The first-order chi connectivity index (χ1) is 16.6. The number of anilines is 1. The summed E-state index contributed by atoms with van der Waals surface area (Å²) in [6.45, 7) is 8.82. The van der Waals surface area contributed by atoms with Crippen LogP contribution in [0.2, 0.25) is 0 Å². The third kappa shape index (κ3) is 4.72. The number of alkyl halides is 3. The second-order valence-electron chi connectivity index (χ2n) is 9.92. The third-order valence-corrected chi connectivity index (χ3v) is 7.09. The molecule has 188 valence electrons. The Morgan fingerprint density at radius 2 is 1.83 bits per heavy atom. The molecule has 1 aromatic carbocycles. The highest BCUT2D eigenvalue weighted by Gasteiger charge is 2.43. The summed E-state index contributed by atoms with van der Waals surface area (Å²) < 4.78 is 52.9. The minimum Gasteiger partial charge on any atom is -0.424 e. The Balaban J connectivity index is 1.34. The molecule has 2 aromatic heterocycles. The molecule has 35 heavy (non-hydrogen) atoms. The van der Waals surface area contributed by atoms with Crippen LogP contribution in [0.25, 0.3) is 0 Å². The number of aromatic nitrogens is 5. The van der Waals surface area contributed by atoms with Crippen LogP contribution in [0.5, 0.6) is 11.8 Å². The van der Waals surface area contributed by atoms with Gasteiger partial charge in [0.2, 0.25) is 0 Å². The quantitative estimate of drug-likeness (QED) is 0.459. The molecular formula is C24H29F3N6O2. The highest BCUT2D eigenvalue weighted by molar-refractivity contribution is 5.38. The van der Waals surface area contributed by atoms with Crippen LogP contribution in [-0.4, -0.2) is 38.0 Å². The summed E-state index contributed by atoms with van der Waals surface area (Å²) in [4.78, 5) is 11.2. The molecule has 0 N–H and O–H groups in total. The van der Waals surface area contributed by atoms with Crippen molar-refractivity contribution >= 4 is 6.01 Å². The molecule has 1 aliphatic heterocycles. The predicted octanol–water partition coefficient (Wildman–Crippen LogP) is 5.38. The van der Waals surface area contributed by atoms with Gasteiger partial charge in [-0.3, -0.25) is 0 Å². The molecule has 2 aliphatic rings. The van der Waals surface area contributed by atoms with E-state index in [-0.39, 0.29) is 23.4 Å². The van der Waals surface area contributed by atoms with Gasteiger partial charge >= 0.3 is 18.2 Å². The standard InChI is InChI=1S/C24H29F3N6O2/c1-13(2)33-23(34-18-8-5-14(3)20(9-18)24(25,26)27)29-21(30-33)10-19-16-6-7-17(19)12-32(11-16)22-28-15(4)31-35-22/h5,8-9,13,16-17,19H,6-7,10-12H2,1-4H3/t16-,17+,19?. The van der Waals surface area contributed by atoms with Gasteiger partial charge in [0, 0.05) is 19.5 Å². The SMILES string of the molecule is Cc1noc(N2C[C@H]3CC[C@@H](C2)C3Cc2nc(Oc3ccc(C)c(C(F)(F)F)c3)n(C(C)C)n2)n1. The van der Waals surface area contributed by atoms with E-state index in [4.69, 9.17) is 9.26 Å². The molecule has 0 radical (unpaired) electrons.